The summed E-state index contributed by atoms with van der Waals surface area (Å²) in [5.74, 6) is 2.17. The number of hydrogen-bond donors (Lipinski definition) is 2. The minimum absolute atomic E-state index is 0.309. The molecular formula is C20H16N6O. The van der Waals surface area contributed by atoms with E-state index in [0.717, 1.165) is 27.9 Å². The number of primary amides is 1. The van der Waals surface area contributed by atoms with Crippen molar-refractivity contribution < 1.29 is 4.79 Å². The molecule has 0 saturated heterocycles. The third-order valence-electron chi connectivity index (χ3n) is 4.44. The fourth-order valence-corrected chi connectivity index (χ4v) is 3.20. The topological polar surface area (TPSA) is 102 Å². The van der Waals surface area contributed by atoms with Gasteiger partial charge >= 0.3 is 0 Å². The number of aromatic amines is 1. The molecule has 1 amide bonds. The quantitative estimate of drug-likeness (QED) is 0.536. The Morgan fingerprint density at radius 3 is 2.96 bits per heavy atom. The van der Waals surface area contributed by atoms with Gasteiger partial charge in [0.15, 0.2) is 0 Å². The van der Waals surface area contributed by atoms with Crippen molar-refractivity contribution in [2.75, 3.05) is 0 Å². The van der Waals surface area contributed by atoms with E-state index in [2.05, 4.69) is 26.0 Å². The normalized spacial score (nSPS) is 12.0. The van der Waals surface area contributed by atoms with Crippen LogP contribution in [-0.2, 0) is 0 Å². The number of rotatable bonds is 5. The van der Waals surface area contributed by atoms with E-state index in [9.17, 15) is 4.79 Å². The van der Waals surface area contributed by atoms with Gasteiger partial charge in [-0.15, -0.1) is 12.3 Å². The van der Waals surface area contributed by atoms with Crippen molar-refractivity contribution in [3.05, 3.63) is 66.4 Å². The minimum Gasteiger partial charge on any atom is -0.366 e. The number of carbonyl (C=O) groups excluding carboxylic acids is 1. The Bertz CT molecular complexity index is 1170. The third kappa shape index (κ3) is 2.93. The van der Waals surface area contributed by atoms with Crippen molar-refractivity contribution in [1.29, 1.82) is 0 Å². The minimum atomic E-state index is -0.496. The lowest BCUT2D eigenvalue weighted by Crippen LogP contribution is -2.19. The van der Waals surface area contributed by atoms with Gasteiger partial charge in [0.05, 0.1) is 17.9 Å². The molecule has 0 radical (unpaired) electrons. The number of nitrogens with two attached hydrogens (primary N) is 1. The molecule has 27 heavy (non-hydrogen) atoms. The van der Waals surface area contributed by atoms with Crippen molar-refractivity contribution in [3.8, 4) is 23.6 Å². The molecule has 0 aliphatic heterocycles. The zero-order valence-corrected chi connectivity index (χ0v) is 14.3. The molecule has 7 nitrogen and oxygen atoms in total. The van der Waals surface area contributed by atoms with Gasteiger partial charge in [0.2, 0.25) is 5.91 Å². The fraction of sp³-hybridized carbons (Fsp3) is 0.100. The first-order chi connectivity index (χ1) is 13.2. The number of terminal acetylenes is 1. The molecule has 1 unspecified atom stereocenters. The molecule has 7 heteroatoms. The van der Waals surface area contributed by atoms with Gasteiger partial charge < -0.3 is 10.7 Å². The van der Waals surface area contributed by atoms with E-state index >= 15 is 0 Å². The number of H-pyrrole nitrogens is 1. The number of nitrogens with zero attached hydrogens (tertiary/aromatic N) is 4. The highest BCUT2D eigenvalue weighted by Gasteiger charge is 2.20. The highest BCUT2D eigenvalue weighted by molar-refractivity contribution is 5.94. The number of benzene rings is 1. The maximum Gasteiger partial charge on any atom is 0.249 e. The summed E-state index contributed by atoms with van der Waals surface area (Å²) in [4.78, 5) is 23.5. The molecule has 3 heterocycles. The van der Waals surface area contributed by atoms with E-state index in [1.807, 2.05) is 30.6 Å². The van der Waals surface area contributed by atoms with Crippen molar-refractivity contribution in [2.24, 2.45) is 5.73 Å². The Hall–Kier alpha value is -3.92. The fourth-order valence-electron chi connectivity index (χ4n) is 3.20. The summed E-state index contributed by atoms with van der Waals surface area (Å²) in [6, 6.07) is 8.77. The van der Waals surface area contributed by atoms with Gasteiger partial charge in [-0.2, -0.15) is 5.10 Å². The molecular weight excluding hydrogens is 340 g/mol. The van der Waals surface area contributed by atoms with Crippen molar-refractivity contribution >= 4 is 16.9 Å². The van der Waals surface area contributed by atoms with Gasteiger partial charge in [0.25, 0.3) is 0 Å². The summed E-state index contributed by atoms with van der Waals surface area (Å²) in [6.45, 7) is 0. The van der Waals surface area contributed by atoms with E-state index < -0.39 is 5.91 Å². The number of aromatic nitrogens is 5. The van der Waals surface area contributed by atoms with Crippen LogP contribution in [0.1, 0.15) is 28.4 Å². The Balaban J connectivity index is 1.80. The molecule has 3 aromatic heterocycles. The van der Waals surface area contributed by atoms with E-state index in [1.165, 1.54) is 6.33 Å². The maximum atomic E-state index is 11.8. The second-order valence-electron chi connectivity index (χ2n) is 6.05. The lowest BCUT2D eigenvalue weighted by molar-refractivity contribution is 0.0998. The molecule has 4 aromatic rings. The molecule has 0 aliphatic rings. The summed E-state index contributed by atoms with van der Waals surface area (Å²) in [5.41, 5.74) is 9.07. The van der Waals surface area contributed by atoms with Gasteiger partial charge in [0.1, 0.15) is 12.0 Å². The zero-order valence-electron chi connectivity index (χ0n) is 14.3. The molecule has 3 N–H and O–H groups in total. The molecule has 0 aliphatic carbocycles. The molecule has 0 bridgehead atoms. The van der Waals surface area contributed by atoms with E-state index in [1.54, 1.807) is 23.0 Å². The summed E-state index contributed by atoms with van der Waals surface area (Å²) in [6.07, 6.45) is 12.9. The molecule has 0 fully saturated rings. The van der Waals surface area contributed by atoms with Crippen LogP contribution in [0.15, 0.2) is 55.2 Å². The molecule has 1 aromatic carbocycles. The number of hydrogen-bond acceptors (Lipinski definition) is 4. The maximum absolute atomic E-state index is 11.8. The van der Waals surface area contributed by atoms with Crippen LogP contribution >= 0.6 is 0 Å². The number of nitrogens with one attached hydrogen (secondary N) is 1. The Morgan fingerprint density at radius 1 is 1.30 bits per heavy atom. The number of amides is 1. The van der Waals surface area contributed by atoms with E-state index in [4.69, 9.17) is 12.2 Å². The van der Waals surface area contributed by atoms with Gasteiger partial charge in [-0.05, 0) is 17.7 Å². The summed E-state index contributed by atoms with van der Waals surface area (Å²) < 4.78 is 1.75. The smallest absolute Gasteiger partial charge is 0.249 e. The lowest BCUT2D eigenvalue weighted by Gasteiger charge is -2.18. The summed E-state index contributed by atoms with van der Waals surface area (Å²) >= 11 is 0. The van der Waals surface area contributed by atoms with Crippen LogP contribution < -0.4 is 5.73 Å². The first-order valence-electron chi connectivity index (χ1n) is 8.34. The first kappa shape index (κ1) is 16.5. The van der Waals surface area contributed by atoms with Crippen molar-refractivity contribution in [2.45, 2.75) is 12.5 Å². The average molecular weight is 356 g/mol. The van der Waals surface area contributed by atoms with Crippen LogP contribution in [0.3, 0.4) is 0 Å². The second kappa shape index (κ2) is 6.77. The number of carbonyl (C=O) groups is 1. The molecule has 132 valence electrons. The summed E-state index contributed by atoms with van der Waals surface area (Å²) in [7, 11) is 0. The second-order valence-corrected chi connectivity index (χ2v) is 6.05. The van der Waals surface area contributed by atoms with E-state index in [-0.39, 0.29) is 6.04 Å². The van der Waals surface area contributed by atoms with Crippen molar-refractivity contribution in [3.63, 3.8) is 0 Å². The van der Waals surface area contributed by atoms with Gasteiger partial charge in [-0.25, -0.2) is 9.97 Å². The van der Waals surface area contributed by atoms with Crippen LogP contribution in [0.2, 0.25) is 0 Å². The number of fused-ring (bicyclic) bond motifs is 1. The standard InChI is InChI=1S/C20H16N6O/c1-2-5-17(14-6-3-4-7-15(14)19(21)27)26-11-13(10-25-26)18-16-8-9-22-20(16)24-12-23-18/h1,3-4,6-12,17H,5H2,(H2,21,27)(H,22,23,24). The average Bonchev–Trinajstić information content (AvgIpc) is 3.35. The third-order valence-corrected chi connectivity index (χ3v) is 4.44. The van der Waals surface area contributed by atoms with Crippen LogP contribution in [0.25, 0.3) is 22.3 Å². The van der Waals surface area contributed by atoms with Crippen LogP contribution in [0.4, 0.5) is 0 Å². The first-order valence-corrected chi connectivity index (χ1v) is 8.34. The Labute approximate surface area is 155 Å². The van der Waals surface area contributed by atoms with Crippen molar-refractivity contribution in [1.82, 2.24) is 24.7 Å². The lowest BCUT2D eigenvalue weighted by atomic mass is 9.98. The van der Waals surface area contributed by atoms with Crippen LogP contribution in [-0.4, -0.2) is 30.6 Å². The highest BCUT2D eigenvalue weighted by Crippen LogP contribution is 2.29. The van der Waals surface area contributed by atoms with Gasteiger partial charge in [0, 0.05) is 35.3 Å². The monoisotopic (exact) mass is 356 g/mol. The SMILES string of the molecule is C#CCC(c1ccccc1C(N)=O)n1cc(-c2ncnc3[nH]ccc23)cn1. The highest BCUT2D eigenvalue weighted by atomic mass is 16.1. The molecule has 1 atom stereocenters. The Morgan fingerprint density at radius 2 is 2.15 bits per heavy atom. The summed E-state index contributed by atoms with van der Waals surface area (Å²) in [5, 5.41) is 5.38. The molecule has 4 rings (SSSR count). The zero-order chi connectivity index (χ0) is 18.8. The van der Waals surface area contributed by atoms with Gasteiger partial charge in [-0.3, -0.25) is 9.48 Å². The van der Waals surface area contributed by atoms with Crippen LogP contribution in [0, 0.1) is 12.3 Å². The van der Waals surface area contributed by atoms with Gasteiger partial charge in [-0.1, -0.05) is 18.2 Å². The predicted octanol–water partition coefficient (Wildman–Crippen LogP) is 2.53. The largest absolute Gasteiger partial charge is 0.366 e. The Kier molecular flexibility index (Phi) is 4.15. The molecule has 0 saturated carbocycles. The predicted molar refractivity (Wildman–Crippen MR) is 102 cm³/mol. The molecule has 0 spiro atoms. The van der Waals surface area contributed by atoms with E-state index in [0.29, 0.717) is 12.0 Å². The van der Waals surface area contributed by atoms with Crippen LogP contribution in [0.5, 0.6) is 0 Å².